The van der Waals surface area contributed by atoms with Crippen LogP contribution in [0.4, 0.5) is 17.5 Å². The number of fused-ring (bicyclic) bond motifs is 1. The van der Waals surface area contributed by atoms with Crippen molar-refractivity contribution in [3.05, 3.63) is 44.2 Å². The summed E-state index contributed by atoms with van der Waals surface area (Å²) in [6.07, 6.45) is 2.95. The van der Waals surface area contributed by atoms with Crippen LogP contribution in [0.3, 0.4) is 0 Å². The number of aromatic amines is 1. The third-order valence-corrected chi connectivity index (χ3v) is 6.62. The van der Waals surface area contributed by atoms with E-state index in [0.717, 1.165) is 19.3 Å². The Labute approximate surface area is 189 Å². The van der Waals surface area contributed by atoms with Gasteiger partial charge in [0.15, 0.2) is 0 Å². The molecular formula is C21H23Cl2N5O3. The van der Waals surface area contributed by atoms with E-state index in [4.69, 9.17) is 23.2 Å². The third-order valence-electron chi connectivity index (χ3n) is 5.88. The molecule has 1 aromatic heterocycles. The predicted octanol–water partition coefficient (Wildman–Crippen LogP) is 3.91. The number of amides is 2. The van der Waals surface area contributed by atoms with Gasteiger partial charge in [-0.1, -0.05) is 23.2 Å². The Morgan fingerprint density at radius 1 is 1.16 bits per heavy atom. The van der Waals surface area contributed by atoms with E-state index in [9.17, 15) is 14.4 Å². The summed E-state index contributed by atoms with van der Waals surface area (Å²) >= 11 is 11.9. The number of nitrogens with one attached hydrogen (secondary N) is 3. The quantitative estimate of drug-likeness (QED) is 0.639. The summed E-state index contributed by atoms with van der Waals surface area (Å²) in [5.74, 6) is -1.29. The van der Waals surface area contributed by atoms with E-state index >= 15 is 0 Å². The number of H-pyrrole nitrogens is 1. The molecule has 0 aliphatic carbocycles. The fraction of sp³-hybridized carbons (Fsp3) is 0.429. The van der Waals surface area contributed by atoms with Gasteiger partial charge in [-0.05, 0) is 51.3 Å². The van der Waals surface area contributed by atoms with Crippen LogP contribution in [0.15, 0.2) is 23.0 Å². The zero-order valence-electron chi connectivity index (χ0n) is 17.2. The first-order valence-corrected chi connectivity index (χ1v) is 11.0. The van der Waals surface area contributed by atoms with Crippen molar-refractivity contribution < 1.29 is 9.59 Å². The lowest BCUT2D eigenvalue weighted by molar-refractivity contribution is -0.123. The molecule has 1 aromatic carbocycles. The van der Waals surface area contributed by atoms with Crippen LogP contribution in [0.1, 0.15) is 51.0 Å². The first-order chi connectivity index (χ1) is 14.7. The van der Waals surface area contributed by atoms with Gasteiger partial charge in [0.2, 0.25) is 17.8 Å². The smallest absolute Gasteiger partial charge is 0.258 e. The van der Waals surface area contributed by atoms with Gasteiger partial charge in [0.05, 0.1) is 21.5 Å². The van der Waals surface area contributed by atoms with Crippen molar-refractivity contribution in [3.8, 4) is 0 Å². The topological polar surface area (TPSA) is 107 Å². The van der Waals surface area contributed by atoms with Crippen molar-refractivity contribution in [1.29, 1.82) is 0 Å². The molecular weight excluding hydrogens is 441 g/mol. The summed E-state index contributed by atoms with van der Waals surface area (Å²) in [5.41, 5.74) is 0.140. The molecule has 0 bridgehead atoms. The molecule has 4 rings (SSSR count). The van der Waals surface area contributed by atoms with Crippen LogP contribution in [-0.2, 0) is 9.59 Å². The van der Waals surface area contributed by atoms with Gasteiger partial charge in [-0.2, -0.15) is 4.98 Å². The number of halogens is 2. The number of carbonyl (C=O) groups is 2. The molecule has 2 aliphatic heterocycles. The van der Waals surface area contributed by atoms with Crippen molar-refractivity contribution in [2.24, 2.45) is 0 Å². The van der Waals surface area contributed by atoms with Crippen LogP contribution in [0, 0.1) is 0 Å². The summed E-state index contributed by atoms with van der Waals surface area (Å²) in [7, 11) is 0. The highest BCUT2D eigenvalue weighted by atomic mass is 35.5. The molecule has 3 heterocycles. The van der Waals surface area contributed by atoms with Gasteiger partial charge in [0.1, 0.15) is 5.82 Å². The van der Waals surface area contributed by atoms with E-state index in [-0.39, 0.29) is 40.8 Å². The van der Waals surface area contributed by atoms with Crippen LogP contribution in [0.25, 0.3) is 0 Å². The van der Waals surface area contributed by atoms with Gasteiger partial charge < -0.3 is 15.5 Å². The van der Waals surface area contributed by atoms with Crippen molar-refractivity contribution in [3.63, 3.8) is 0 Å². The van der Waals surface area contributed by atoms with E-state index in [1.165, 1.54) is 6.07 Å². The molecule has 8 nitrogen and oxygen atoms in total. The monoisotopic (exact) mass is 463 g/mol. The molecule has 10 heteroatoms. The molecule has 0 saturated carbocycles. The zero-order chi connectivity index (χ0) is 22.3. The average Bonchev–Trinajstić information content (AvgIpc) is 2.69. The maximum Gasteiger partial charge on any atom is 0.258 e. The minimum Gasteiger partial charge on any atom is -0.337 e. The van der Waals surface area contributed by atoms with Crippen molar-refractivity contribution >= 4 is 52.5 Å². The summed E-state index contributed by atoms with van der Waals surface area (Å²) in [6, 6.07) is 5.08. The lowest BCUT2D eigenvalue weighted by Gasteiger charge is -2.39. The molecule has 3 unspecified atom stereocenters. The van der Waals surface area contributed by atoms with Crippen LogP contribution >= 0.6 is 23.2 Å². The second kappa shape index (κ2) is 8.51. The number of rotatable bonds is 3. The van der Waals surface area contributed by atoms with E-state index in [2.05, 4.69) is 39.3 Å². The Morgan fingerprint density at radius 3 is 2.55 bits per heavy atom. The summed E-state index contributed by atoms with van der Waals surface area (Å²) in [4.78, 5) is 47.7. The standard InChI is InChI=1S/C21H23Cl2N5O3/c1-10-4-3-5-11(2)28(10)21-26-18-17(20(31)27-21)13(9-16(29)25-18)19(30)24-12-6-7-14(22)15(23)8-12/h6-8,10-11,13H,3-5,9H2,1-2H3,(H,24,30)(H2,25,26,27,29,31). The number of hydrogen-bond acceptors (Lipinski definition) is 5. The molecule has 0 spiro atoms. The highest BCUT2D eigenvalue weighted by molar-refractivity contribution is 6.42. The number of piperidine rings is 1. The van der Waals surface area contributed by atoms with Crippen LogP contribution < -0.4 is 21.1 Å². The number of aromatic nitrogens is 2. The Kier molecular flexibility index (Phi) is 5.94. The fourth-order valence-electron chi connectivity index (χ4n) is 4.35. The first-order valence-electron chi connectivity index (χ1n) is 10.2. The second-order valence-corrected chi connectivity index (χ2v) is 8.93. The highest BCUT2D eigenvalue weighted by Gasteiger charge is 2.36. The molecule has 1 saturated heterocycles. The Hall–Kier alpha value is -2.58. The first kappa shape index (κ1) is 21.6. The van der Waals surface area contributed by atoms with Crippen molar-refractivity contribution in [2.45, 2.75) is 57.5 Å². The molecule has 3 N–H and O–H groups in total. The number of benzene rings is 1. The normalized spacial score (nSPS) is 23.2. The summed E-state index contributed by atoms with van der Waals surface area (Å²) < 4.78 is 0. The SMILES string of the molecule is CC1CCCC(C)N1c1nc2c(c(=O)[nH]1)C(C(=O)Nc1ccc(Cl)c(Cl)c1)CC(=O)N2. The van der Waals surface area contributed by atoms with Gasteiger partial charge in [0.25, 0.3) is 5.56 Å². The fourth-order valence-corrected chi connectivity index (χ4v) is 4.65. The Balaban J connectivity index is 1.67. The van der Waals surface area contributed by atoms with Crippen molar-refractivity contribution in [1.82, 2.24) is 9.97 Å². The van der Waals surface area contributed by atoms with Gasteiger partial charge >= 0.3 is 0 Å². The summed E-state index contributed by atoms with van der Waals surface area (Å²) in [5, 5.41) is 6.01. The van der Waals surface area contributed by atoms with Gasteiger partial charge in [-0.3, -0.25) is 19.4 Å². The van der Waals surface area contributed by atoms with Gasteiger partial charge in [-0.15, -0.1) is 0 Å². The Morgan fingerprint density at radius 2 is 1.87 bits per heavy atom. The number of carbonyl (C=O) groups excluding carboxylic acids is 2. The molecule has 3 atom stereocenters. The highest BCUT2D eigenvalue weighted by Crippen LogP contribution is 2.33. The lowest BCUT2D eigenvalue weighted by Crippen LogP contribution is -2.46. The zero-order valence-corrected chi connectivity index (χ0v) is 18.7. The van der Waals surface area contributed by atoms with Gasteiger partial charge in [-0.25, -0.2) is 0 Å². The maximum absolute atomic E-state index is 13.0. The van der Waals surface area contributed by atoms with Crippen LogP contribution in [0.5, 0.6) is 0 Å². The molecule has 2 aliphatic rings. The van der Waals surface area contributed by atoms with Crippen LogP contribution in [0.2, 0.25) is 10.0 Å². The largest absolute Gasteiger partial charge is 0.337 e. The maximum atomic E-state index is 13.0. The molecule has 2 aromatic rings. The van der Waals surface area contributed by atoms with E-state index in [1.807, 2.05) is 0 Å². The van der Waals surface area contributed by atoms with Crippen molar-refractivity contribution in [2.75, 3.05) is 15.5 Å². The number of anilines is 3. The molecule has 1 fully saturated rings. The second-order valence-electron chi connectivity index (χ2n) is 8.11. The average molecular weight is 464 g/mol. The minimum atomic E-state index is -0.972. The van der Waals surface area contributed by atoms with E-state index in [1.54, 1.807) is 12.1 Å². The Bertz CT molecular complexity index is 1090. The van der Waals surface area contributed by atoms with E-state index in [0.29, 0.717) is 16.7 Å². The lowest BCUT2D eigenvalue weighted by atomic mass is 9.92. The molecule has 2 amide bonds. The molecule has 0 radical (unpaired) electrons. The van der Waals surface area contributed by atoms with E-state index < -0.39 is 17.4 Å². The van der Waals surface area contributed by atoms with Gasteiger partial charge in [0, 0.05) is 24.2 Å². The predicted molar refractivity (Wildman–Crippen MR) is 121 cm³/mol. The number of nitrogens with zero attached hydrogens (tertiary/aromatic N) is 2. The minimum absolute atomic E-state index is 0.134. The summed E-state index contributed by atoms with van der Waals surface area (Å²) in [6.45, 7) is 4.17. The van der Waals surface area contributed by atoms with Crippen LogP contribution in [-0.4, -0.2) is 33.9 Å². The number of hydrogen-bond donors (Lipinski definition) is 3. The molecule has 31 heavy (non-hydrogen) atoms. The molecule has 164 valence electrons. The third kappa shape index (κ3) is 4.27.